The average molecular weight is 245 g/mol. The lowest BCUT2D eigenvalue weighted by Crippen LogP contribution is -2.42. The van der Waals surface area contributed by atoms with Crippen molar-refractivity contribution in [2.75, 3.05) is 14.2 Å². The molecule has 0 saturated heterocycles. The number of ether oxygens (including phenoxy) is 2. The zero-order valence-electron chi connectivity index (χ0n) is 9.68. The fourth-order valence-corrected chi connectivity index (χ4v) is 1.84. The van der Waals surface area contributed by atoms with Crippen LogP contribution in [0.5, 0.6) is 0 Å². The second-order valence-electron chi connectivity index (χ2n) is 3.29. The highest BCUT2D eigenvalue weighted by Crippen LogP contribution is 2.09. The topological polar surface area (TPSA) is 73.3 Å². The summed E-state index contributed by atoms with van der Waals surface area (Å²) in [4.78, 5) is 12.3. The molecule has 0 fully saturated rings. The Morgan fingerprint density at radius 2 is 2.06 bits per heavy atom. The summed E-state index contributed by atoms with van der Waals surface area (Å²) in [5.41, 5.74) is 0.626. The maximum absolute atomic E-state index is 11.8. The second-order valence-corrected chi connectivity index (χ2v) is 4.04. The zero-order chi connectivity index (χ0) is 12.1. The Hall–Kier alpha value is -1.05. The number of nitrogens with zero attached hydrogens (tertiary/aromatic N) is 2. The Balaban J connectivity index is 2.61. The van der Waals surface area contributed by atoms with E-state index in [2.05, 4.69) is 14.9 Å². The number of carbonyl (C=O) groups is 1. The van der Waals surface area contributed by atoms with Crippen LogP contribution in [0.1, 0.15) is 22.3 Å². The van der Waals surface area contributed by atoms with Gasteiger partial charge in [0.15, 0.2) is 6.29 Å². The van der Waals surface area contributed by atoms with Gasteiger partial charge in [0, 0.05) is 14.2 Å². The van der Waals surface area contributed by atoms with Gasteiger partial charge < -0.3 is 14.8 Å². The van der Waals surface area contributed by atoms with Crippen molar-refractivity contribution in [3.05, 3.63) is 10.6 Å². The molecular weight excluding hydrogens is 230 g/mol. The molecule has 1 amide bonds. The maximum Gasteiger partial charge on any atom is 0.265 e. The molecule has 1 aromatic heterocycles. The monoisotopic (exact) mass is 245 g/mol. The average Bonchev–Trinajstić information content (AvgIpc) is 2.66. The molecule has 6 nitrogen and oxygen atoms in total. The summed E-state index contributed by atoms with van der Waals surface area (Å²) in [7, 11) is 3.05. The molecular formula is C9H15N3O3S. The van der Waals surface area contributed by atoms with Gasteiger partial charge in [-0.25, -0.2) is 0 Å². The molecule has 0 radical (unpaired) electrons. The fraction of sp³-hybridized carbons (Fsp3) is 0.667. The predicted molar refractivity (Wildman–Crippen MR) is 59.4 cm³/mol. The van der Waals surface area contributed by atoms with Crippen molar-refractivity contribution in [2.45, 2.75) is 26.2 Å². The van der Waals surface area contributed by atoms with Crippen LogP contribution < -0.4 is 5.32 Å². The molecule has 7 heteroatoms. The van der Waals surface area contributed by atoms with E-state index in [-0.39, 0.29) is 11.9 Å². The third-order valence-corrected chi connectivity index (χ3v) is 2.92. The van der Waals surface area contributed by atoms with Crippen LogP contribution in [0, 0.1) is 6.92 Å². The third-order valence-electron chi connectivity index (χ3n) is 2.09. The Bertz CT molecular complexity index is 352. The first-order valence-corrected chi connectivity index (χ1v) is 5.53. The standard InChI is InChI=1S/C9H15N3O3S/c1-5-7(16-12-11-5)8(13)10-6(2)9(14-3)15-4/h6,9H,1-4H3,(H,10,13). The van der Waals surface area contributed by atoms with Crippen molar-refractivity contribution in [3.63, 3.8) is 0 Å². The van der Waals surface area contributed by atoms with Crippen LogP contribution in [0.3, 0.4) is 0 Å². The van der Waals surface area contributed by atoms with E-state index in [1.807, 2.05) is 0 Å². The van der Waals surface area contributed by atoms with Gasteiger partial charge in [0.05, 0.1) is 11.7 Å². The number of aromatic nitrogens is 2. The third kappa shape index (κ3) is 2.97. The van der Waals surface area contributed by atoms with Gasteiger partial charge in [-0.3, -0.25) is 4.79 Å². The first-order valence-electron chi connectivity index (χ1n) is 4.75. The number of carbonyl (C=O) groups excluding carboxylic acids is 1. The lowest BCUT2D eigenvalue weighted by Gasteiger charge is -2.21. The molecule has 0 spiro atoms. The smallest absolute Gasteiger partial charge is 0.265 e. The highest BCUT2D eigenvalue weighted by Gasteiger charge is 2.21. The minimum atomic E-state index is -0.467. The molecule has 1 N–H and O–H groups in total. The van der Waals surface area contributed by atoms with Crippen molar-refractivity contribution in [1.29, 1.82) is 0 Å². The first kappa shape index (κ1) is 13.0. The molecule has 90 valence electrons. The molecule has 1 rings (SSSR count). The number of amides is 1. The summed E-state index contributed by atoms with van der Waals surface area (Å²) in [6.45, 7) is 3.55. The minimum Gasteiger partial charge on any atom is -0.354 e. The maximum atomic E-state index is 11.8. The highest BCUT2D eigenvalue weighted by atomic mass is 32.1. The summed E-state index contributed by atoms with van der Waals surface area (Å²) in [5.74, 6) is -0.209. The van der Waals surface area contributed by atoms with E-state index in [1.165, 1.54) is 14.2 Å². The summed E-state index contributed by atoms with van der Waals surface area (Å²) in [6, 6.07) is -0.246. The molecule has 1 atom stereocenters. The Kier molecular flexibility index (Phi) is 4.78. The van der Waals surface area contributed by atoms with Crippen LogP contribution in [-0.4, -0.2) is 42.0 Å². The van der Waals surface area contributed by atoms with E-state index < -0.39 is 6.29 Å². The van der Waals surface area contributed by atoms with E-state index in [9.17, 15) is 4.79 Å². The van der Waals surface area contributed by atoms with Gasteiger partial charge in [-0.1, -0.05) is 4.49 Å². The summed E-state index contributed by atoms with van der Waals surface area (Å²) >= 11 is 1.07. The Morgan fingerprint density at radius 3 is 2.50 bits per heavy atom. The molecule has 0 aromatic carbocycles. The number of nitrogens with one attached hydrogen (secondary N) is 1. The predicted octanol–water partition coefficient (Wildman–Crippen LogP) is 0.584. The van der Waals surface area contributed by atoms with Gasteiger partial charge in [-0.2, -0.15) is 0 Å². The largest absolute Gasteiger partial charge is 0.354 e. The molecule has 1 heterocycles. The first-order chi connectivity index (χ1) is 7.60. The minimum absolute atomic E-state index is 0.209. The van der Waals surface area contributed by atoms with Crippen molar-refractivity contribution >= 4 is 17.4 Å². The molecule has 0 saturated carbocycles. The van der Waals surface area contributed by atoms with Gasteiger partial charge >= 0.3 is 0 Å². The van der Waals surface area contributed by atoms with Crippen molar-refractivity contribution in [1.82, 2.24) is 14.9 Å². The SMILES string of the molecule is COC(OC)C(C)NC(=O)c1snnc1C. The Morgan fingerprint density at radius 1 is 1.44 bits per heavy atom. The lowest BCUT2D eigenvalue weighted by atomic mass is 10.3. The number of rotatable bonds is 5. The normalized spacial score (nSPS) is 12.8. The van der Waals surface area contributed by atoms with E-state index in [4.69, 9.17) is 9.47 Å². The molecule has 0 aliphatic carbocycles. The van der Waals surface area contributed by atoms with Gasteiger partial charge in [-0.05, 0) is 25.4 Å². The van der Waals surface area contributed by atoms with Crippen molar-refractivity contribution in [2.24, 2.45) is 0 Å². The van der Waals surface area contributed by atoms with Crippen LogP contribution in [-0.2, 0) is 9.47 Å². The molecule has 0 bridgehead atoms. The van der Waals surface area contributed by atoms with Crippen LogP contribution in [0.15, 0.2) is 0 Å². The fourth-order valence-electron chi connectivity index (χ4n) is 1.28. The van der Waals surface area contributed by atoms with Crippen molar-refractivity contribution < 1.29 is 14.3 Å². The highest BCUT2D eigenvalue weighted by molar-refractivity contribution is 7.07. The van der Waals surface area contributed by atoms with Crippen molar-refractivity contribution in [3.8, 4) is 0 Å². The van der Waals surface area contributed by atoms with E-state index in [0.717, 1.165) is 11.5 Å². The van der Waals surface area contributed by atoms with Crippen LogP contribution in [0.25, 0.3) is 0 Å². The van der Waals surface area contributed by atoms with E-state index in [0.29, 0.717) is 10.6 Å². The summed E-state index contributed by atoms with van der Waals surface area (Å²) < 4.78 is 13.8. The van der Waals surface area contributed by atoms with E-state index >= 15 is 0 Å². The van der Waals surface area contributed by atoms with Gasteiger partial charge in [-0.15, -0.1) is 5.10 Å². The van der Waals surface area contributed by atoms with Gasteiger partial charge in [0.25, 0.3) is 5.91 Å². The molecule has 16 heavy (non-hydrogen) atoms. The van der Waals surface area contributed by atoms with E-state index in [1.54, 1.807) is 13.8 Å². The van der Waals surface area contributed by atoms with Crippen LogP contribution >= 0.6 is 11.5 Å². The molecule has 0 aliphatic heterocycles. The number of methoxy groups -OCH3 is 2. The second kappa shape index (κ2) is 5.88. The quantitative estimate of drug-likeness (QED) is 0.768. The Labute approximate surface area is 98.1 Å². The zero-order valence-corrected chi connectivity index (χ0v) is 10.5. The summed E-state index contributed by atoms with van der Waals surface area (Å²) in [5, 5.41) is 6.54. The lowest BCUT2D eigenvalue weighted by molar-refractivity contribution is -0.117. The van der Waals surface area contributed by atoms with Gasteiger partial charge in [0.1, 0.15) is 4.88 Å². The number of hydrogen-bond donors (Lipinski definition) is 1. The molecule has 1 unspecified atom stereocenters. The summed E-state index contributed by atoms with van der Waals surface area (Å²) in [6.07, 6.45) is -0.467. The number of aryl methyl sites for hydroxylation is 1. The van der Waals surface area contributed by atoms with Crippen LogP contribution in [0.4, 0.5) is 0 Å². The van der Waals surface area contributed by atoms with Crippen LogP contribution in [0.2, 0.25) is 0 Å². The molecule has 0 aliphatic rings. The van der Waals surface area contributed by atoms with Gasteiger partial charge in [0.2, 0.25) is 0 Å². The number of hydrogen-bond acceptors (Lipinski definition) is 6. The molecule has 1 aromatic rings.